The molecule has 0 bridgehead atoms. The lowest BCUT2D eigenvalue weighted by molar-refractivity contribution is 0.0687. The van der Waals surface area contributed by atoms with E-state index < -0.39 is 5.97 Å². The van der Waals surface area contributed by atoms with E-state index in [1.807, 2.05) is 94.0 Å². The summed E-state index contributed by atoms with van der Waals surface area (Å²) in [5.74, 6) is -0.0491. The summed E-state index contributed by atoms with van der Waals surface area (Å²) >= 11 is 13.6. The molecule has 0 spiro atoms. The van der Waals surface area contributed by atoms with Crippen LogP contribution in [0.3, 0.4) is 0 Å². The van der Waals surface area contributed by atoms with Gasteiger partial charge in [-0.15, -0.1) is 0 Å². The van der Waals surface area contributed by atoms with Gasteiger partial charge in [0, 0.05) is 71.6 Å². The molecule has 3 aromatic carbocycles. The molecule has 8 rings (SSSR count). The van der Waals surface area contributed by atoms with Crippen molar-refractivity contribution in [3.05, 3.63) is 122 Å². The van der Waals surface area contributed by atoms with Crippen molar-refractivity contribution < 1.29 is 24.2 Å². The van der Waals surface area contributed by atoms with Crippen molar-refractivity contribution in [2.45, 2.75) is 60.1 Å². The number of fused-ring (bicyclic) bond motifs is 4. The third-order valence-corrected chi connectivity index (χ3v) is 12.2. The standard InChI is InChI=1S/C45H44Cl2N6O5/c1-24-17-31(18-25(2)40(24)47)57-16-10-12-33-34-13-14-35(46)39(38-27(4)49-51(7)28(38)5)42(34)53-26(3)22-52(44(54)43(33)53)36-21-32(58-23-30-11-8-9-15-48-30)19-29-20-37(45(55)56)50(6)41(29)36/h8-9,11,13-15,17-21,26H,10,12,16,22-23H2,1-7H3,(H,55,56). The highest BCUT2D eigenvalue weighted by atomic mass is 35.5. The zero-order chi connectivity index (χ0) is 41.2. The third kappa shape index (κ3) is 6.65. The predicted octanol–water partition coefficient (Wildman–Crippen LogP) is 9.98. The van der Waals surface area contributed by atoms with Gasteiger partial charge in [0.1, 0.15) is 29.5 Å². The van der Waals surface area contributed by atoms with Crippen LogP contribution >= 0.6 is 23.2 Å². The van der Waals surface area contributed by atoms with Gasteiger partial charge >= 0.3 is 5.97 Å². The normalized spacial score (nSPS) is 14.1. The van der Waals surface area contributed by atoms with Crippen molar-refractivity contribution in [3.8, 4) is 22.6 Å². The second kappa shape index (κ2) is 15.2. The summed E-state index contributed by atoms with van der Waals surface area (Å²) in [6, 6.07) is 18.4. The third-order valence-electron chi connectivity index (χ3n) is 11.3. The number of aromatic nitrogens is 5. The number of halogens is 2. The molecular weight excluding hydrogens is 775 g/mol. The summed E-state index contributed by atoms with van der Waals surface area (Å²) in [5, 5.41) is 17.7. The fourth-order valence-corrected chi connectivity index (χ4v) is 8.88. The average Bonchev–Trinajstić information content (AvgIpc) is 3.80. The molecule has 1 N–H and O–H groups in total. The molecule has 0 saturated carbocycles. The molecule has 5 heterocycles. The fourth-order valence-electron chi connectivity index (χ4n) is 8.53. The molecule has 7 aromatic rings. The number of carbonyl (C=O) groups is 2. The highest BCUT2D eigenvalue weighted by molar-refractivity contribution is 6.35. The molecule has 1 unspecified atom stereocenters. The van der Waals surface area contributed by atoms with Crippen LogP contribution in [0, 0.1) is 27.7 Å². The molecule has 0 aliphatic carbocycles. The van der Waals surface area contributed by atoms with Gasteiger partial charge < -0.3 is 28.6 Å². The Morgan fingerprint density at radius 3 is 2.34 bits per heavy atom. The topological polar surface area (TPSA) is 117 Å². The lowest BCUT2D eigenvalue weighted by Crippen LogP contribution is -2.43. The van der Waals surface area contributed by atoms with E-state index >= 15 is 4.79 Å². The summed E-state index contributed by atoms with van der Waals surface area (Å²) in [6.45, 7) is 10.9. The van der Waals surface area contributed by atoms with E-state index in [0.717, 1.165) is 66.6 Å². The van der Waals surface area contributed by atoms with Crippen molar-refractivity contribution in [2.24, 2.45) is 14.1 Å². The van der Waals surface area contributed by atoms with Gasteiger partial charge in [0.05, 0.1) is 39.7 Å². The number of carboxylic acids is 1. The van der Waals surface area contributed by atoms with Crippen molar-refractivity contribution in [3.63, 3.8) is 0 Å². The van der Waals surface area contributed by atoms with Crippen LogP contribution in [0.15, 0.2) is 66.9 Å². The van der Waals surface area contributed by atoms with Crippen LogP contribution in [0.1, 0.15) is 74.1 Å². The number of hydrogen-bond acceptors (Lipinski definition) is 6. The Kier molecular flexibility index (Phi) is 10.2. The maximum atomic E-state index is 15.4. The molecule has 1 atom stereocenters. The second-order valence-electron chi connectivity index (χ2n) is 15.2. The molecule has 298 valence electrons. The zero-order valence-corrected chi connectivity index (χ0v) is 35.0. The first-order chi connectivity index (χ1) is 27.7. The number of hydrogen-bond donors (Lipinski definition) is 1. The van der Waals surface area contributed by atoms with Crippen LogP contribution in [-0.2, 0) is 27.1 Å². The maximum Gasteiger partial charge on any atom is 0.352 e. The smallest absolute Gasteiger partial charge is 0.352 e. The molecule has 13 heteroatoms. The minimum atomic E-state index is -1.07. The van der Waals surface area contributed by atoms with E-state index in [4.69, 9.17) is 37.8 Å². The number of carboxylic acid groups (broad SMARTS) is 1. The Morgan fingerprint density at radius 1 is 0.931 bits per heavy atom. The lowest BCUT2D eigenvalue weighted by Gasteiger charge is -2.35. The van der Waals surface area contributed by atoms with Gasteiger partial charge in [0.25, 0.3) is 5.91 Å². The number of anilines is 1. The largest absolute Gasteiger partial charge is 0.494 e. The Balaban J connectivity index is 1.27. The number of pyridine rings is 1. The first-order valence-corrected chi connectivity index (χ1v) is 20.0. The number of aromatic carboxylic acids is 1. The first-order valence-electron chi connectivity index (χ1n) is 19.2. The van der Waals surface area contributed by atoms with Crippen molar-refractivity contribution in [1.82, 2.24) is 23.9 Å². The van der Waals surface area contributed by atoms with Gasteiger partial charge in [-0.25, -0.2) is 4.79 Å². The Labute approximate surface area is 346 Å². The molecule has 4 aromatic heterocycles. The molecule has 1 aliphatic heterocycles. The van der Waals surface area contributed by atoms with Crippen molar-refractivity contribution >= 4 is 62.6 Å². The molecule has 0 fully saturated rings. The summed E-state index contributed by atoms with van der Waals surface area (Å²) in [5.41, 5.74) is 9.79. The van der Waals surface area contributed by atoms with Crippen LogP contribution < -0.4 is 14.4 Å². The highest BCUT2D eigenvalue weighted by Crippen LogP contribution is 2.46. The van der Waals surface area contributed by atoms with Gasteiger partial charge in [0.2, 0.25) is 0 Å². The van der Waals surface area contributed by atoms with E-state index in [2.05, 4.69) is 16.5 Å². The minimum Gasteiger partial charge on any atom is -0.494 e. The summed E-state index contributed by atoms with van der Waals surface area (Å²) in [4.78, 5) is 34.0. The van der Waals surface area contributed by atoms with Gasteiger partial charge in [-0.3, -0.25) is 14.5 Å². The average molecular weight is 820 g/mol. The number of carbonyl (C=O) groups excluding carboxylic acids is 1. The van der Waals surface area contributed by atoms with E-state index in [-0.39, 0.29) is 24.2 Å². The van der Waals surface area contributed by atoms with E-state index in [1.54, 1.807) is 28.8 Å². The molecule has 1 amide bonds. The number of aryl methyl sites for hydroxylation is 6. The van der Waals surface area contributed by atoms with Gasteiger partial charge in [-0.1, -0.05) is 35.3 Å². The van der Waals surface area contributed by atoms with Gasteiger partial charge in [0.15, 0.2) is 0 Å². The molecule has 58 heavy (non-hydrogen) atoms. The number of benzene rings is 3. The van der Waals surface area contributed by atoms with E-state index in [9.17, 15) is 9.90 Å². The lowest BCUT2D eigenvalue weighted by atomic mass is 9.98. The Morgan fingerprint density at radius 2 is 1.67 bits per heavy atom. The van der Waals surface area contributed by atoms with Gasteiger partial charge in [-0.2, -0.15) is 5.10 Å². The number of nitrogens with zero attached hydrogens (tertiary/aromatic N) is 6. The summed E-state index contributed by atoms with van der Waals surface area (Å²) < 4.78 is 18.1. The van der Waals surface area contributed by atoms with Gasteiger partial charge in [-0.05, 0) is 107 Å². The second-order valence-corrected chi connectivity index (χ2v) is 15.9. The maximum absolute atomic E-state index is 15.4. The van der Waals surface area contributed by atoms with Crippen LogP contribution in [0.2, 0.25) is 10.0 Å². The molecular formula is C45H44Cl2N6O5. The van der Waals surface area contributed by atoms with Crippen LogP contribution in [0.4, 0.5) is 5.69 Å². The molecule has 11 nitrogen and oxygen atoms in total. The first kappa shape index (κ1) is 39.1. The fraction of sp³-hybridized carbons (Fsp3) is 0.289. The highest BCUT2D eigenvalue weighted by Gasteiger charge is 2.38. The van der Waals surface area contributed by atoms with Crippen molar-refractivity contribution in [1.29, 1.82) is 0 Å². The van der Waals surface area contributed by atoms with Crippen molar-refractivity contribution in [2.75, 3.05) is 18.1 Å². The molecule has 0 saturated heterocycles. The quantitative estimate of drug-likeness (QED) is 0.129. The zero-order valence-electron chi connectivity index (χ0n) is 33.5. The minimum absolute atomic E-state index is 0.0954. The van der Waals surface area contributed by atoms with Crippen LogP contribution in [0.25, 0.3) is 32.9 Å². The Bertz CT molecular complexity index is 2760. The van der Waals surface area contributed by atoms with Crippen LogP contribution in [0.5, 0.6) is 11.5 Å². The SMILES string of the molecule is Cc1cc(OCCCc2c3n(c4c(-c5c(C)nn(C)c5C)c(Cl)ccc24)C(C)CN(c2cc(OCc4ccccn4)cc4cc(C(=O)O)n(C)c24)C3=O)cc(C)c1Cl. The predicted molar refractivity (Wildman–Crippen MR) is 228 cm³/mol. The van der Waals surface area contributed by atoms with Crippen LogP contribution in [-0.4, -0.2) is 54.0 Å². The monoisotopic (exact) mass is 818 g/mol. The van der Waals surface area contributed by atoms with E-state index in [0.29, 0.717) is 59.0 Å². The molecule has 0 radical (unpaired) electrons. The number of rotatable bonds is 11. The number of amides is 1. The number of ether oxygens (including phenoxy) is 2. The van der Waals surface area contributed by atoms with E-state index in [1.165, 1.54) is 0 Å². The summed E-state index contributed by atoms with van der Waals surface area (Å²) in [7, 11) is 3.63. The molecule has 1 aliphatic rings. The Hall–Kier alpha value is -5.78. The summed E-state index contributed by atoms with van der Waals surface area (Å²) in [6.07, 6.45) is 2.87.